The normalized spacial score (nSPS) is 21.7. The molecule has 114 valence electrons. The number of amides is 2. The van der Waals surface area contributed by atoms with Crippen molar-refractivity contribution in [3.05, 3.63) is 0 Å². The van der Waals surface area contributed by atoms with E-state index in [1.165, 1.54) is 32.1 Å². The van der Waals surface area contributed by atoms with Gasteiger partial charge in [-0.15, -0.1) is 0 Å². The lowest BCUT2D eigenvalue weighted by Crippen LogP contribution is -2.52. The highest BCUT2D eigenvalue weighted by atomic mass is 16.2. The van der Waals surface area contributed by atoms with Gasteiger partial charge in [0.05, 0.1) is 0 Å². The molecule has 2 saturated carbocycles. The van der Waals surface area contributed by atoms with Crippen molar-refractivity contribution in [2.24, 2.45) is 5.41 Å². The quantitative estimate of drug-likeness (QED) is 0.777. The molecule has 0 saturated heterocycles. The molecule has 4 nitrogen and oxygen atoms in total. The van der Waals surface area contributed by atoms with E-state index < -0.39 is 5.41 Å². The fraction of sp³-hybridized carbons (Fsp3) is 0.875. The lowest BCUT2D eigenvalue weighted by Gasteiger charge is -2.29. The van der Waals surface area contributed by atoms with E-state index in [2.05, 4.69) is 10.6 Å². The molecule has 0 spiro atoms. The second-order valence-corrected chi connectivity index (χ2v) is 6.89. The molecule has 2 amide bonds. The van der Waals surface area contributed by atoms with Crippen molar-refractivity contribution in [2.75, 3.05) is 0 Å². The molecular formula is C16H28N2O2. The number of carbonyl (C=O) groups excluding carboxylic acids is 2. The van der Waals surface area contributed by atoms with E-state index in [-0.39, 0.29) is 23.9 Å². The van der Waals surface area contributed by atoms with Gasteiger partial charge in [0.25, 0.3) is 0 Å². The van der Waals surface area contributed by atoms with Gasteiger partial charge in [0.1, 0.15) is 5.41 Å². The van der Waals surface area contributed by atoms with E-state index in [0.29, 0.717) is 0 Å². The second-order valence-electron chi connectivity index (χ2n) is 6.89. The minimum absolute atomic E-state index is 0.125. The minimum Gasteiger partial charge on any atom is -0.352 e. The van der Waals surface area contributed by atoms with Crippen LogP contribution in [0, 0.1) is 5.41 Å². The zero-order valence-electron chi connectivity index (χ0n) is 12.8. The first kappa shape index (κ1) is 15.3. The van der Waals surface area contributed by atoms with Crippen LogP contribution < -0.4 is 10.6 Å². The zero-order chi connectivity index (χ0) is 14.6. The summed E-state index contributed by atoms with van der Waals surface area (Å²) in [6.07, 6.45) is 10.2. The fourth-order valence-electron chi connectivity index (χ4n) is 3.15. The van der Waals surface area contributed by atoms with Crippen LogP contribution in [0.15, 0.2) is 0 Å². The molecule has 0 aromatic carbocycles. The van der Waals surface area contributed by atoms with Crippen LogP contribution >= 0.6 is 0 Å². The van der Waals surface area contributed by atoms with Gasteiger partial charge < -0.3 is 10.6 Å². The van der Waals surface area contributed by atoms with Crippen molar-refractivity contribution in [3.63, 3.8) is 0 Å². The maximum atomic E-state index is 12.4. The van der Waals surface area contributed by atoms with Crippen LogP contribution in [-0.2, 0) is 9.59 Å². The number of nitrogens with one attached hydrogen (secondary N) is 2. The first-order valence-corrected chi connectivity index (χ1v) is 8.12. The summed E-state index contributed by atoms with van der Waals surface area (Å²) in [4.78, 5) is 24.7. The van der Waals surface area contributed by atoms with E-state index in [1.807, 2.05) is 0 Å². The maximum Gasteiger partial charge on any atom is 0.235 e. The average molecular weight is 280 g/mol. The monoisotopic (exact) mass is 280 g/mol. The van der Waals surface area contributed by atoms with Gasteiger partial charge in [0.15, 0.2) is 0 Å². The zero-order valence-corrected chi connectivity index (χ0v) is 12.8. The third kappa shape index (κ3) is 3.74. The van der Waals surface area contributed by atoms with E-state index in [1.54, 1.807) is 13.8 Å². The first-order chi connectivity index (χ1) is 9.50. The summed E-state index contributed by atoms with van der Waals surface area (Å²) in [5, 5.41) is 6.10. The summed E-state index contributed by atoms with van der Waals surface area (Å²) in [5.74, 6) is -0.252. The van der Waals surface area contributed by atoms with Gasteiger partial charge in [0, 0.05) is 12.1 Å². The summed E-state index contributed by atoms with van der Waals surface area (Å²) in [7, 11) is 0. The highest BCUT2D eigenvalue weighted by molar-refractivity contribution is 6.04. The third-order valence-corrected chi connectivity index (χ3v) is 4.77. The van der Waals surface area contributed by atoms with Crippen molar-refractivity contribution >= 4 is 11.8 Å². The Balaban J connectivity index is 1.86. The van der Waals surface area contributed by atoms with E-state index in [0.717, 1.165) is 25.7 Å². The Morgan fingerprint density at radius 2 is 1.10 bits per heavy atom. The summed E-state index contributed by atoms with van der Waals surface area (Å²) in [6.45, 7) is 3.46. The predicted molar refractivity (Wildman–Crippen MR) is 79.2 cm³/mol. The highest BCUT2D eigenvalue weighted by Gasteiger charge is 2.38. The lowest BCUT2D eigenvalue weighted by atomic mass is 9.88. The van der Waals surface area contributed by atoms with Crippen molar-refractivity contribution in [1.29, 1.82) is 0 Å². The van der Waals surface area contributed by atoms with E-state index in [9.17, 15) is 9.59 Å². The molecule has 0 aromatic rings. The van der Waals surface area contributed by atoms with Crippen molar-refractivity contribution < 1.29 is 9.59 Å². The van der Waals surface area contributed by atoms with Crippen LogP contribution in [0.2, 0.25) is 0 Å². The van der Waals surface area contributed by atoms with Crippen molar-refractivity contribution in [1.82, 2.24) is 10.6 Å². The average Bonchev–Trinajstić information content (AvgIpc) is 2.92. The van der Waals surface area contributed by atoms with Crippen molar-refractivity contribution in [2.45, 2.75) is 83.7 Å². The Morgan fingerprint density at radius 1 is 0.750 bits per heavy atom. The predicted octanol–water partition coefficient (Wildman–Crippen LogP) is 2.52. The molecule has 0 aliphatic heterocycles. The standard InChI is InChI=1S/C16H28N2O2/c1-16(2,15(20)18-13-10-6-7-11-13)14(19)17-12-8-4-3-5-9-12/h12-13H,3-11H2,1-2H3,(H,17,19)(H,18,20). The summed E-state index contributed by atoms with van der Waals surface area (Å²) in [6, 6.07) is 0.527. The molecule has 0 bridgehead atoms. The topological polar surface area (TPSA) is 58.2 Å². The molecule has 0 radical (unpaired) electrons. The van der Waals surface area contributed by atoms with Gasteiger partial charge in [-0.25, -0.2) is 0 Å². The molecule has 2 N–H and O–H groups in total. The van der Waals surface area contributed by atoms with E-state index in [4.69, 9.17) is 0 Å². The third-order valence-electron chi connectivity index (χ3n) is 4.77. The van der Waals surface area contributed by atoms with Gasteiger partial charge in [-0.1, -0.05) is 32.1 Å². The molecule has 2 aliphatic rings. The largest absolute Gasteiger partial charge is 0.352 e. The molecular weight excluding hydrogens is 252 g/mol. The first-order valence-electron chi connectivity index (χ1n) is 8.12. The molecule has 0 atom stereocenters. The minimum atomic E-state index is -0.972. The number of hydrogen-bond donors (Lipinski definition) is 2. The van der Waals surface area contributed by atoms with Crippen LogP contribution in [0.1, 0.15) is 71.6 Å². The van der Waals surface area contributed by atoms with Crippen molar-refractivity contribution in [3.8, 4) is 0 Å². The second kappa shape index (κ2) is 6.59. The molecule has 20 heavy (non-hydrogen) atoms. The van der Waals surface area contributed by atoms with E-state index >= 15 is 0 Å². The highest BCUT2D eigenvalue weighted by Crippen LogP contribution is 2.23. The maximum absolute atomic E-state index is 12.4. The Kier molecular flexibility index (Phi) is 5.06. The van der Waals surface area contributed by atoms with Crippen LogP contribution in [0.4, 0.5) is 0 Å². The summed E-state index contributed by atoms with van der Waals surface area (Å²) in [5.41, 5.74) is -0.972. The van der Waals surface area contributed by atoms with Crippen LogP contribution in [0.25, 0.3) is 0 Å². The Morgan fingerprint density at radius 3 is 1.50 bits per heavy atom. The van der Waals surface area contributed by atoms with Gasteiger partial charge in [0.2, 0.25) is 11.8 Å². The SMILES string of the molecule is CC(C)(C(=O)NC1CCCCC1)C(=O)NC1CCCC1. The summed E-state index contributed by atoms with van der Waals surface area (Å²) >= 11 is 0. The fourth-order valence-corrected chi connectivity index (χ4v) is 3.15. The number of rotatable bonds is 4. The van der Waals surface area contributed by atoms with Crippen LogP contribution in [0.3, 0.4) is 0 Å². The Labute approximate surface area is 122 Å². The van der Waals surface area contributed by atoms with Gasteiger partial charge in [-0.2, -0.15) is 0 Å². The Hall–Kier alpha value is -1.06. The Bertz CT molecular complexity index is 353. The molecule has 2 fully saturated rings. The molecule has 0 unspecified atom stereocenters. The van der Waals surface area contributed by atoms with Gasteiger partial charge in [-0.3, -0.25) is 9.59 Å². The summed E-state index contributed by atoms with van der Waals surface area (Å²) < 4.78 is 0. The number of carbonyl (C=O) groups is 2. The molecule has 2 aliphatic carbocycles. The molecule has 0 heterocycles. The molecule has 4 heteroatoms. The van der Waals surface area contributed by atoms with Gasteiger partial charge in [-0.05, 0) is 39.5 Å². The van der Waals surface area contributed by atoms with Crippen LogP contribution in [0.5, 0.6) is 0 Å². The smallest absolute Gasteiger partial charge is 0.235 e. The van der Waals surface area contributed by atoms with Gasteiger partial charge >= 0.3 is 0 Å². The van der Waals surface area contributed by atoms with Crippen LogP contribution in [-0.4, -0.2) is 23.9 Å². The molecule has 2 rings (SSSR count). The number of hydrogen-bond acceptors (Lipinski definition) is 2. The molecule has 0 aromatic heterocycles. The lowest BCUT2D eigenvalue weighted by molar-refractivity contribution is -0.142.